The predicted molar refractivity (Wildman–Crippen MR) is 66.4 cm³/mol. The van der Waals surface area contributed by atoms with Crippen LogP contribution >= 0.6 is 0 Å². The highest BCUT2D eigenvalue weighted by Gasteiger charge is 2.40. The van der Waals surface area contributed by atoms with Crippen molar-refractivity contribution in [3.63, 3.8) is 0 Å². The number of amides is 2. The molecule has 2 unspecified atom stereocenters. The zero-order valence-electron chi connectivity index (χ0n) is 10.4. The third-order valence-electron chi connectivity index (χ3n) is 3.58. The summed E-state index contributed by atoms with van der Waals surface area (Å²) in [5.74, 6) is 2.13. The maximum atomic E-state index is 10.8. The van der Waals surface area contributed by atoms with Crippen LogP contribution in [0.15, 0.2) is 18.2 Å². The highest BCUT2D eigenvalue weighted by molar-refractivity contribution is 5.70. The summed E-state index contributed by atoms with van der Waals surface area (Å²) >= 11 is 0. The molecule has 6 nitrogen and oxygen atoms in total. The summed E-state index contributed by atoms with van der Waals surface area (Å²) in [6.07, 6.45) is 0.935. The van der Waals surface area contributed by atoms with Crippen molar-refractivity contribution in [2.75, 3.05) is 19.8 Å². The van der Waals surface area contributed by atoms with Gasteiger partial charge in [0.05, 0.1) is 6.54 Å². The fourth-order valence-corrected chi connectivity index (χ4v) is 2.46. The summed E-state index contributed by atoms with van der Waals surface area (Å²) < 4.78 is 11.0. The van der Waals surface area contributed by atoms with Crippen molar-refractivity contribution in [3.8, 4) is 11.5 Å². The first-order chi connectivity index (χ1) is 9.15. The lowest BCUT2D eigenvalue weighted by Gasteiger charge is -2.19. The van der Waals surface area contributed by atoms with Gasteiger partial charge in [0.15, 0.2) is 11.5 Å². The summed E-state index contributed by atoms with van der Waals surface area (Å²) in [4.78, 5) is 10.8. The first-order valence-electron chi connectivity index (χ1n) is 6.30. The molecule has 19 heavy (non-hydrogen) atoms. The number of hydrogen-bond donors (Lipinski definition) is 2. The van der Waals surface area contributed by atoms with Crippen molar-refractivity contribution >= 4 is 6.03 Å². The zero-order chi connectivity index (χ0) is 13.4. The molecule has 0 bridgehead atoms. The highest BCUT2D eigenvalue weighted by atomic mass is 16.6. The van der Waals surface area contributed by atoms with Gasteiger partial charge >= 0.3 is 6.03 Å². The molecule has 1 heterocycles. The second-order valence-corrected chi connectivity index (χ2v) is 4.93. The monoisotopic (exact) mass is 264 g/mol. The lowest BCUT2D eigenvalue weighted by molar-refractivity contribution is -0.0431. The molecular formula is C13H16N2O4. The van der Waals surface area contributed by atoms with Crippen LogP contribution in [0.5, 0.6) is 11.5 Å². The Morgan fingerprint density at radius 2 is 2.11 bits per heavy atom. The fraction of sp³-hybridized carbons (Fsp3) is 0.462. The van der Waals surface area contributed by atoms with E-state index in [-0.39, 0.29) is 12.5 Å². The van der Waals surface area contributed by atoms with E-state index in [1.165, 1.54) is 0 Å². The summed E-state index contributed by atoms with van der Waals surface area (Å²) in [5, 5.41) is 9.88. The quantitative estimate of drug-likeness (QED) is 0.637. The SMILES string of the molecule is NC(=O)N(O)CC1CC1c1ccc2c(c1)OCCO2. The van der Waals surface area contributed by atoms with Crippen LogP contribution in [0, 0.1) is 5.92 Å². The Kier molecular flexibility index (Phi) is 2.94. The molecule has 2 amide bonds. The number of carbonyl (C=O) groups excluding carboxylic acids is 1. The third-order valence-corrected chi connectivity index (χ3v) is 3.58. The van der Waals surface area contributed by atoms with E-state index < -0.39 is 6.03 Å². The number of hydrogen-bond acceptors (Lipinski definition) is 4. The van der Waals surface area contributed by atoms with E-state index in [4.69, 9.17) is 15.2 Å². The molecule has 3 N–H and O–H groups in total. The number of rotatable bonds is 3. The van der Waals surface area contributed by atoms with Crippen molar-refractivity contribution in [3.05, 3.63) is 23.8 Å². The normalized spacial score (nSPS) is 23.8. The van der Waals surface area contributed by atoms with Crippen molar-refractivity contribution in [2.45, 2.75) is 12.3 Å². The van der Waals surface area contributed by atoms with Crippen LogP contribution in [0.2, 0.25) is 0 Å². The van der Waals surface area contributed by atoms with Crippen molar-refractivity contribution in [1.29, 1.82) is 0 Å². The topological polar surface area (TPSA) is 85.0 Å². The molecule has 1 fully saturated rings. The maximum absolute atomic E-state index is 10.8. The van der Waals surface area contributed by atoms with E-state index in [1.807, 2.05) is 18.2 Å². The van der Waals surface area contributed by atoms with E-state index in [0.717, 1.165) is 23.5 Å². The van der Waals surface area contributed by atoms with Crippen LogP contribution < -0.4 is 15.2 Å². The summed E-state index contributed by atoms with van der Waals surface area (Å²) in [6, 6.07) is 5.08. The number of benzene rings is 1. The van der Waals surface area contributed by atoms with Gasteiger partial charge in [-0.25, -0.2) is 9.86 Å². The van der Waals surface area contributed by atoms with E-state index in [0.29, 0.717) is 24.2 Å². The highest BCUT2D eigenvalue weighted by Crippen LogP contribution is 2.49. The Morgan fingerprint density at radius 1 is 1.37 bits per heavy atom. The van der Waals surface area contributed by atoms with Gasteiger partial charge in [-0.15, -0.1) is 0 Å². The van der Waals surface area contributed by atoms with E-state index in [1.54, 1.807) is 0 Å². The fourth-order valence-electron chi connectivity index (χ4n) is 2.46. The number of primary amides is 1. The summed E-state index contributed by atoms with van der Waals surface area (Å²) in [7, 11) is 0. The van der Waals surface area contributed by atoms with Crippen LogP contribution in [-0.4, -0.2) is 36.1 Å². The van der Waals surface area contributed by atoms with Gasteiger partial charge in [-0.2, -0.15) is 0 Å². The largest absolute Gasteiger partial charge is 0.486 e. The summed E-state index contributed by atoms with van der Waals surface area (Å²) in [5.41, 5.74) is 6.13. The molecule has 0 radical (unpaired) electrons. The van der Waals surface area contributed by atoms with Crippen LogP contribution in [0.4, 0.5) is 4.79 Å². The van der Waals surface area contributed by atoms with Crippen molar-refractivity contribution in [1.82, 2.24) is 5.06 Å². The van der Waals surface area contributed by atoms with Gasteiger partial charge in [-0.3, -0.25) is 5.21 Å². The number of carbonyl (C=O) groups is 1. The molecule has 3 rings (SSSR count). The number of ether oxygens (including phenoxy) is 2. The standard InChI is InChI=1S/C13H16N2O4/c14-13(16)15(17)7-9-5-10(9)8-1-2-11-12(6-8)19-4-3-18-11/h1-2,6,9-10,17H,3-5,7H2,(H2,14,16). The lowest BCUT2D eigenvalue weighted by Crippen LogP contribution is -2.34. The van der Waals surface area contributed by atoms with Crippen LogP contribution in [0.3, 0.4) is 0 Å². The molecule has 0 saturated heterocycles. The van der Waals surface area contributed by atoms with Gasteiger partial charge in [-0.1, -0.05) is 6.07 Å². The van der Waals surface area contributed by atoms with Crippen LogP contribution in [-0.2, 0) is 0 Å². The number of hydroxylamine groups is 2. The average Bonchev–Trinajstić information content (AvgIpc) is 3.17. The van der Waals surface area contributed by atoms with Gasteiger partial charge in [-0.05, 0) is 36.0 Å². The Hall–Kier alpha value is -1.95. The Balaban J connectivity index is 1.66. The zero-order valence-corrected chi connectivity index (χ0v) is 10.4. The number of urea groups is 1. The molecule has 1 aliphatic carbocycles. The van der Waals surface area contributed by atoms with Gasteiger partial charge in [0.2, 0.25) is 0 Å². The van der Waals surface area contributed by atoms with E-state index >= 15 is 0 Å². The molecular weight excluding hydrogens is 248 g/mol. The smallest absolute Gasteiger partial charge is 0.338 e. The predicted octanol–water partition coefficient (Wildman–Crippen LogP) is 1.33. The lowest BCUT2D eigenvalue weighted by atomic mass is 10.1. The first-order valence-corrected chi connectivity index (χ1v) is 6.30. The molecule has 0 spiro atoms. The molecule has 2 atom stereocenters. The number of fused-ring (bicyclic) bond motifs is 1. The molecule has 1 saturated carbocycles. The molecule has 2 aliphatic rings. The third kappa shape index (κ3) is 2.44. The second-order valence-electron chi connectivity index (χ2n) is 4.93. The van der Waals surface area contributed by atoms with Crippen molar-refractivity contribution in [2.24, 2.45) is 11.7 Å². The van der Waals surface area contributed by atoms with E-state index in [2.05, 4.69) is 0 Å². The Labute approximate surface area is 110 Å². The minimum absolute atomic E-state index is 0.250. The van der Waals surface area contributed by atoms with Gasteiger partial charge in [0.1, 0.15) is 13.2 Å². The number of nitrogens with zero attached hydrogens (tertiary/aromatic N) is 1. The molecule has 1 aromatic rings. The Bertz CT molecular complexity index is 505. The minimum atomic E-state index is -0.812. The van der Waals surface area contributed by atoms with Crippen LogP contribution in [0.1, 0.15) is 17.9 Å². The molecule has 1 aliphatic heterocycles. The maximum Gasteiger partial charge on any atom is 0.338 e. The van der Waals surface area contributed by atoms with E-state index in [9.17, 15) is 10.0 Å². The molecule has 6 heteroatoms. The molecule has 0 aromatic heterocycles. The Morgan fingerprint density at radius 3 is 2.84 bits per heavy atom. The minimum Gasteiger partial charge on any atom is -0.486 e. The van der Waals surface area contributed by atoms with Crippen LogP contribution in [0.25, 0.3) is 0 Å². The summed E-state index contributed by atoms with van der Waals surface area (Å²) in [6.45, 7) is 1.42. The first kappa shape index (κ1) is 12.1. The number of nitrogens with two attached hydrogens (primary N) is 1. The average molecular weight is 264 g/mol. The second kappa shape index (κ2) is 4.62. The molecule has 102 valence electrons. The van der Waals surface area contributed by atoms with Gasteiger partial charge in [0.25, 0.3) is 0 Å². The van der Waals surface area contributed by atoms with Gasteiger partial charge in [0, 0.05) is 0 Å². The van der Waals surface area contributed by atoms with Crippen molar-refractivity contribution < 1.29 is 19.5 Å². The molecule has 1 aromatic carbocycles. The van der Waals surface area contributed by atoms with Gasteiger partial charge < -0.3 is 15.2 Å².